The lowest BCUT2D eigenvalue weighted by atomic mass is 9.94. The fraction of sp³-hybridized carbons (Fsp3) is 0.714. The van der Waals surface area contributed by atoms with Crippen LogP contribution in [0.2, 0.25) is 0 Å². The first kappa shape index (κ1) is 14.1. The van der Waals surface area contributed by atoms with Crippen LogP contribution in [0.15, 0.2) is 0 Å². The number of hydrogen-bond donors (Lipinski definition) is 2. The normalized spacial score (nSPS) is 18.9. The predicted molar refractivity (Wildman–Crippen MR) is 77.3 cm³/mol. The summed E-state index contributed by atoms with van der Waals surface area (Å²) in [5.41, 5.74) is 6.38. The second kappa shape index (κ2) is 4.96. The fourth-order valence-corrected chi connectivity index (χ4v) is 2.31. The molecule has 0 radical (unpaired) electrons. The molecule has 0 aromatic carbocycles. The minimum atomic E-state index is -0.552. The second-order valence-electron chi connectivity index (χ2n) is 6.05. The zero-order valence-corrected chi connectivity index (χ0v) is 12.3. The summed E-state index contributed by atoms with van der Waals surface area (Å²) in [7, 11) is 0. The minimum absolute atomic E-state index is 0.259. The molecule has 1 aromatic rings. The summed E-state index contributed by atoms with van der Waals surface area (Å²) in [4.78, 5) is 11.2. The van der Waals surface area contributed by atoms with E-state index >= 15 is 0 Å². The third-order valence-electron chi connectivity index (χ3n) is 3.83. The predicted octanol–water partition coefficient (Wildman–Crippen LogP) is 1.84. The van der Waals surface area contributed by atoms with Crippen LogP contribution in [-0.4, -0.2) is 33.8 Å². The van der Waals surface area contributed by atoms with E-state index in [1.807, 2.05) is 13.8 Å². The van der Waals surface area contributed by atoms with E-state index in [0.29, 0.717) is 5.82 Å². The van der Waals surface area contributed by atoms with Crippen LogP contribution in [0.5, 0.6) is 0 Å². The molecule has 0 amide bonds. The van der Waals surface area contributed by atoms with E-state index in [0.717, 1.165) is 43.1 Å². The molecule has 1 fully saturated rings. The molecule has 0 atom stereocenters. The molecule has 0 aliphatic carbocycles. The van der Waals surface area contributed by atoms with Crippen LogP contribution in [0.1, 0.15) is 50.9 Å². The number of nitrogens with zero attached hydrogens (tertiary/aromatic N) is 3. The number of aliphatic hydroxyl groups is 1. The molecule has 0 bridgehead atoms. The first-order valence-electron chi connectivity index (χ1n) is 6.91. The van der Waals surface area contributed by atoms with E-state index in [1.54, 1.807) is 0 Å². The van der Waals surface area contributed by atoms with Crippen LogP contribution in [0.25, 0.3) is 0 Å². The Hall–Kier alpha value is -1.36. The molecule has 1 aromatic heterocycles. The zero-order chi connectivity index (χ0) is 14.2. The maximum atomic E-state index is 10.0. The Labute approximate surface area is 114 Å². The number of nitrogens with two attached hydrogens (primary N) is 1. The molecule has 5 heteroatoms. The Balaban J connectivity index is 2.29. The van der Waals surface area contributed by atoms with E-state index in [-0.39, 0.29) is 5.92 Å². The van der Waals surface area contributed by atoms with Gasteiger partial charge in [0.1, 0.15) is 17.5 Å². The first-order valence-corrected chi connectivity index (χ1v) is 6.91. The van der Waals surface area contributed by atoms with Crippen molar-refractivity contribution in [2.75, 3.05) is 23.7 Å². The van der Waals surface area contributed by atoms with Crippen LogP contribution >= 0.6 is 0 Å². The van der Waals surface area contributed by atoms with Crippen molar-refractivity contribution in [3.8, 4) is 0 Å². The Bertz CT molecular complexity index is 461. The number of anilines is 2. The van der Waals surface area contributed by atoms with Gasteiger partial charge in [0.05, 0.1) is 5.60 Å². The fourth-order valence-electron chi connectivity index (χ4n) is 2.31. The molecule has 1 saturated heterocycles. The summed E-state index contributed by atoms with van der Waals surface area (Å²) in [5, 5.41) is 10.0. The molecule has 2 rings (SSSR count). The molecule has 0 unspecified atom stereocenters. The number of aromatic nitrogens is 2. The molecular formula is C14H24N4O. The van der Waals surface area contributed by atoms with Crippen LogP contribution in [0.3, 0.4) is 0 Å². The largest absolute Gasteiger partial charge is 0.390 e. The van der Waals surface area contributed by atoms with Gasteiger partial charge < -0.3 is 15.7 Å². The quantitative estimate of drug-likeness (QED) is 0.852. The lowest BCUT2D eigenvalue weighted by molar-refractivity contribution is 0.0350. The standard InChI is InChI=1S/C14H24N4O/c1-9(2)12-16-11(15)10(3)13(17-12)18-7-5-14(4,19)6-8-18/h9,19H,5-8H2,1-4H3,(H2,15,16,17). The van der Waals surface area contributed by atoms with E-state index in [4.69, 9.17) is 5.73 Å². The summed E-state index contributed by atoms with van der Waals surface area (Å²) in [6.45, 7) is 9.60. The summed E-state index contributed by atoms with van der Waals surface area (Å²) < 4.78 is 0. The molecule has 106 valence electrons. The molecule has 1 aliphatic heterocycles. The smallest absolute Gasteiger partial charge is 0.137 e. The van der Waals surface area contributed by atoms with E-state index in [2.05, 4.69) is 28.7 Å². The van der Waals surface area contributed by atoms with Gasteiger partial charge in [0.25, 0.3) is 0 Å². The molecular weight excluding hydrogens is 240 g/mol. The van der Waals surface area contributed by atoms with Gasteiger partial charge in [-0.2, -0.15) is 0 Å². The van der Waals surface area contributed by atoms with Gasteiger partial charge in [-0.05, 0) is 26.7 Å². The van der Waals surface area contributed by atoms with Crippen molar-refractivity contribution in [3.05, 3.63) is 11.4 Å². The van der Waals surface area contributed by atoms with Gasteiger partial charge in [0.2, 0.25) is 0 Å². The molecule has 2 heterocycles. The van der Waals surface area contributed by atoms with Crippen LogP contribution in [0, 0.1) is 6.92 Å². The third-order valence-corrected chi connectivity index (χ3v) is 3.83. The summed E-state index contributed by atoms with van der Waals surface area (Å²) in [6.07, 6.45) is 1.51. The average molecular weight is 264 g/mol. The third kappa shape index (κ3) is 2.97. The monoisotopic (exact) mass is 264 g/mol. The summed E-state index contributed by atoms with van der Waals surface area (Å²) in [5.74, 6) is 2.53. The van der Waals surface area contributed by atoms with Gasteiger partial charge >= 0.3 is 0 Å². The SMILES string of the molecule is Cc1c(N)nc(C(C)C)nc1N1CCC(C)(O)CC1. The van der Waals surface area contributed by atoms with Crippen molar-refractivity contribution in [2.24, 2.45) is 0 Å². The summed E-state index contributed by atoms with van der Waals surface area (Å²) in [6, 6.07) is 0. The van der Waals surface area contributed by atoms with E-state index < -0.39 is 5.60 Å². The number of rotatable bonds is 2. The maximum Gasteiger partial charge on any atom is 0.137 e. The maximum absolute atomic E-state index is 10.0. The van der Waals surface area contributed by atoms with E-state index in [1.165, 1.54) is 0 Å². The average Bonchev–Trinajstić information content (AvgIpc) is 2.32. The molecule has 0 saturated carbocycles. The van der Waals surface area contributed by atoms with Crippen LogP contribution in [0.4, 0.5) is 11.6 Å². The van der Waals surface area contributed by atoms with Gasteiger partial charge in [-0.3, -0.25) is 0 Å². The van der Waals surface area contributed by atoms with Gasteiger partial charge in [-0.15, -0.1) is 0 Å². The Morgan fingerprint density at radius 3 is 2.37 bits per heavy atom. The Morgan fingerprint density at radius 1 is 1.26 bits per heavy atom. The van der Waals surface area contributed by atoms with Crippen molar-refractivity contribution >= 4 is 11.6 Å². The molecule has 3 N–H and O–H groups in total. The van der Waals surface area contributed by atoms with Gasteiger partial charge in [-0.25, -0.2) is 9.97 Å². The van der Waals surface area contributed by atoms with Crippen molar-refractivity contribution in [1.29, 1.82) is 0 Å². The number of piperidine rings is 1. The molecule has 0 spiro atoms. The molecule has 5 nitrogen and oxygen atoms in total. The lowest BCUT2D eigenvalue weighted by Crippen LogP contribution is -2.43. The zero-order valence-electron chi connectivity index (χ0n) is 12.3. The highest BCUT2D eigenvalue weighted by molar-refractivity contribution is 5.57. The van der Waals surface area contributed by atoms with Gasteiger partial charge in [0.15, 0.2) is 0 Å². The second-order valence-corrected chi connectivity index (χ2v) is 6.05. The van der Waals surface area contributed by atoms with Crippen molar-refractivity contribution in [3.63, 3.8) is 0 Å². The molecule has 19 heavy (non-hydrogen) atoms. The van der Waals surface area contributed by atoms with Gasteiger partial charge in [0, 0.05) is 24.6 Å². The highest BCUT2D eigenvalue weighted by Crippen LogP contribution is 2.29. The lowest BCUT2D eigenvalue weighted by Gasteiger charge is -2.37. The highest BCUT2D eigenvalue weighted by atomic mass is 16.3. The van der Waals surface area contributed by atoms with Crippen molar-refractivity contribution in [1.82, 2.24) is 9.97 Å². The topological polar surface area (TPSA) is 75.3 Å². The first-order chi connectivity index (χ1) is 8.80. The van der Waals surface area contributed by atoms with Crippen molar-refractivity contribution in [2.45, 2.75) is 52.1 Å². The van der Waals surface area contributed by atoms with Crippen molar-refractivity contribution < 1.29 is 5.11 Å². The number of nitrogen functional groups attached to an aromatic ring is 1. The molecule has 1 aliphatic rings. The minimum Gasteiger partial charge on any atom is -0.390 e. The highest BCUT2D eigenvalue weighted by Gasteiger charge is 2.29. The van der Waals surface area contributed by atoms with E-state index in [9.17, 15) is 5.11 Å². The van der Waals surface area contributed by atoms with Crippen LogP contribution in [-0.2, 0) is 0 Å². The van der Waals surface area contributed by atoms with Gasteiger partial charge in [-0.1, -0.05) is 13.8 Å². The Morgan fingerprint density at radius 2 is 1.84 bits per heavy atom. The number of hydrogen-bond acceptors (Lipinski definition) is 5. The van der Waals surface area contributed by atoms with Crippen LogP contribution < -0.4 is 10.6 Å². The Kier molecular flexibility index (Phi) is 3.67. The summed E-state index contributed by atoms with van der Waals surface area (Å²) >= 11 is 0.